The fourth-order valence-electron chi connectivity index (χ4n) is 1.12. The summed E-state index contributed by atoms with van der Waals surface area (Å²) in [4.78, 5) is 10.8. The van der Waals surface area contributed by atoms with Crippen LogP contribution in [0.25, 0.3) is 6.08 Å². The van der Waals surface area contributed by atoms with Crippen LogP contribution in [-0.2, 0) is 9.53 Å². The molecule has 0 fully saturated rings. The molecule has 4 heteroatoms. The van der Waals surface area contributed by atoms with Gasteiger partial charge in [-0.25, -0.2) is 4.39 Å². The second-order valence-electron chi connectivity index (χ2n) is 3.26. The maximum atomic E-state index is 12.6. The Hall–Kier alpha value is -1.68. The second-order valence-corrected chi connectivity index (χ2v) is 3.26. The molecule has 0 saturated heterocycles. The lowest BCUT2D eigenvalue weighted by atomic mass is 10.1. The van der Waals surface area contributed by atoms with Crippen molar-refractivity contribution >= 4 is 12.0 Å². The Bertz CT molecular complexity index is 370. The summed E-state index contributed by atoms with van der Waals surface area (Å²) in [5.74, 6) is -0.788. The monoisotopic (exact) mass is 224 g/mol. The number of ether oxygens (including phenoxy) is 1. The largest absolute Gasteiger partial charge is 0.469 e. The van der Waals surface area contributed by atoms with Crippen LogP contribution in [0.1, 0.15) is 12.0 Å². The minimum atomic E-state index is -0.891. The first-order valence-electron chi connectivity index (χ1n) is 4.80. The van der Waals surface area contributed by atoms with Gasteiger partial charge in [0.25, 0.3) is 0 Å². The first-order chi connectivity index (χ1) is 7.61. The third kappa shape index (κ3) is 4.23. The van der Waals surface area contributed by atoms with Gasteiger partial charge < -0.3 is 9.84 Å². The number of carbonyl (C=O) groups is 1. The minimum absolute atomic E-state index is 0.0891. The van der Waals surface area contributed by atoms with Gasteiger partial charge in [-0.05, 0) is 17.7 Å². The highest BCUT2D eigenvalue weighted by atomic mass is 19.1. The SMILES string of the molecule is COC(=O)CC(O)/C=C/c1ccc(F)cc1. The van der Waals surface area contributed by atoms with Crippen molar-refractivity contribution < 1.29 is 19.0 Å². The molecule has 0 bridgehead atoms. The number of benzene rings is 1. The topological polar surface area (TPSA) is 46.5 Å². The molecule has 0 aliphatic heterocycles. The van der Waals surface area contributed by atoms with Crippen LogP contribution in [-0.4, -0.2) is 24.3 Å². The van der Waals surface area contributed by atoms with Crippen molar-refractivity contribution in [1.82, 2.24) is 0 Å². The molecule has 1 aromatic rings. The van der Waals surface area contributed by atoms with Crippen molar-refractivity contribution in [1.29, 1.82) is 0 Å². The van der Waals surface area contributed by atoms with E-state index in [0.717, 1.165) is 5.56 Å². The average molecular weight is 224 g/mol. The lowest BCUT2D eigenvalue weighted by molar-refractivity contribution is -0.142. The Balaban J connectivity index is 2.53. The van der Waals surface area contributed by atoms with Crippen LogP contribution in [0.5, 0.6) is 0 Å². The van der Waals surface area contributed by atoms with E-state index in [-0.39, 0.29) is 12.2 Å². The van der Waals surface area contributed by atoms with Crippen LogP contribution in [0.15, 0.2) is 30.3 Å². The Kier molecular flexibility index (Phi) is 4.66. The van der Waals surface area contributed by atoms with Gasteiger partial charge >= 0.3 is 5.97 Å². The zero-order chi connectivity index (χ0) is 12.0. The van der Waals surface area contributed by atoms with Gasteiger partial charge in [0.15, 0.2) is 0 Å². The van der Waals surface area contributed by atoms with Gasteiger partial charge in [-0.1, -0.05) is 24.3 Å². The molecule has 0 aliphatic carbocycles. The van der Waals surface area contributed by atoms with Gasteiger partial charge in [0.1, 0.15) is 5.82 Å². The molecule has 0 radical (unpaired) electrons. The van der Waals surface area contributed by atoms with Gasteiger partial charge in [-0.15, -0.1) is 0 Å². The summed E-state index contributed by atoms with van der Waals surface area (Å²) in [5, 5.41) is 9.40. The summed E-state index contributed by atoms with van der Waals surface area (Å²) in [6.07, 6.45) is 2.10. The molecule has 86 valence electrons. The second kappa shape index (κ2) is 6.02. The summed E-state index contributed by atoms with van der Waals surface area (Å²) >= 11 is 0. The van der Waals surface area contributed by atoms with Crippen molar-refractivity contribution in [3.05, 3.63) is 41.7 Å². The van der Waals surface area contributed by atoms with E-state index in [1.807, 2.05) is 0 Å². The number of methoxy groups -OCH3 is 1. The molecule has 0 aromatic heterocycles. The maximum absolute atomic E-state index is 12.6. The van der Waals surface area contributed by atoms with Crippen LogP contribution in [0.2, 0.25) is 0 Å². The van der Waals surface area contributed by atoms with E-state index >= 15 is 0 Å². The molecule has 0 saturated carbocycles. The van der Waals surface area contributed by atoms with Gasteiger partial charge in [0, 0.05) is 0 Å². The van der Waals surface area contributed by atoms with E-state index in [1.54, 1.807) is 18.2 Å². The van der Waals surface area contributed by atoms with Crippen LogP contribution in [0, 0.1) is 5.82 Å². The molecule has 3 nitrogen and oxygen atoms in total. The number of carbonyl (C=O) groups excluding carboxylic acids is 1. The highest BCUT2D eigenvalue weighted by Crippen LogP contribution is 2.06. The number of aliphatic hydroxyl groups is 1. The van der Waals surface area contributed by atoms with E-state index in [1.165, 1.54) is 25.3 Å². The van der Waals surface area contributed by atoms with E-state index in [9.17, 15) is 14.3 Å². The van der Waals surface area contributed by atoms with Crippen LogP contribution in [0.4, 0.5) is 4.39 Å². The molecule has 0 heterocycles. The zero-order valence-electron chi connectivity index (χ0n) is 8.89. The third-order valence-electron chi connectivity index (χ3n) is 1.98. The Morgan fingerprint density at radius 3 is 2.69 bits per heavy atom. The van der Waals surface area contributed by atoms with E-state index in [0.29, 0.717) is 0 Å². The van der Waals surface area contributed by atoms with Crippen molar-refractivity contribution in [3.8, 4) is 0 Å². The molecule has 0 amide bonds. The number of hydrogen-bond donors (Lipinski definition) is 1. The highest BCUT2D eigenvalue weighted by molar-refractivity contribution is 5.70. The lowest BCUT2D eigenvalue weighted by Gasteiger charge is -2.03. The summed E-state index contributed by atoms with van der Waals surface area (Å²) in [6.45, 7) is 0. The highest BCUT2D eigenvalue weighted by Gasteiger charge is 2.06. The molecule has 1 aromatic carbocycles. The molecule has 16 heavy (non-hydrogen) atoms. The number of aliphatic hydroxyl groups excluding tert-OH is 1. The predicted octanol–water partition coefficient (Wildman–Crippen LogP) is 1.76. The summed E-state index contributed by atoms with van der Waals surface area (Å²) in [6, 6.07) is 5.81. The first kappa shape index (κ1) is 12.4. The van der Waals surface area contributed by atoms with Crippen LogP contribution >= 0.6 is 0 Å². The summed E-state index contributed by atoms with van der Waals surface area (Å²) < 4.78 is 17.0. The predicted molar refractivity (Wildman–Crippen MR) is 58.1 cm³/mol. The molecular weight excluding hydrogens is 211 g/mol. The number of halogens is 1. The Morgan fingerprint density at radius 2 is 2.12 bits per heavy atom. The normalized spacial score (nSPS) is 12.7. The van der Waals surface area contributed by atoms with Crippen LogP contribution < -0.4 is 0 Å². The van der Waals surface area contributed by atoms with Crippen molar-refractivity contribution in [2.24, 2.45) is 0 Å². The van der Waals surface area contributed by atoms with Crippen molar-refractivity contribution in [3.63, 3.8) is 0 Å². The summed E-state index contributed by atoms with van der Waals surface area (Å²) in [7, 11) is 1.26. The van der Waals surface area contributed by atoms with Gasteiger partial charge in [0.2, 0.25) is 0 Å². The molecule has 1 rings (SSSR count). The fourth-order valence-corrected chi connectivity index (χ4v) is 1.12. The smallest absolute Gasteiger partial charge is 0.308 e. The Morgan fingerprint density at radius 1 is 1.50 bits per heavy atom. The lowest BCUT2D eigenvalue weighted by Crippen LogP contribution is -2.11. The van der Waals surface area contributed by atoms with Crippen molar-refractivity contribution in [2.45, 2.75) is 12.5 Å². The Labute approximate surface area is 93.2 Å². The molecular formula is C12H13FO3. The van der Waals surface area contributed by atoms with Gasteiger partial charge in [0.05, 0.1) is 19.6 Å². The molecule has 1 atom stereocenters. The maximum Gasteiger partial charge on any atom is 0.308 e. The van der Waals surface area contributed by atoms with Gasteiger partial charge in [-0.2, -0.15) is 0 Å². The fraction of sp³-hybridized carbons (Fsp3) is 0.250. The van der Waals surface area contributed by atoms with Crippen molar-refractivity contribution in [2.75, 3.05) is 7.11 Å². The van der Waals surface area contributed by atoms with E-state index < -0.39 is 12.1 Å². The van der Waals surface area contributed by atoms with Gasteiger partial charge in [-0.3, -0.25) is 4.79 Å². The number of esters is 1. The standard InChI is InChI=1S/C12H13FO3/c1-16-12(15)8-11(14)7-4-9-2-5-10(13)6-3-9/h2-7,11,14H,8H2,1H3/b7-4+. The molecule has 0 aliphatic rings. The van der Waals surface area contributed by atoms with Crippen LogP contribution in [0.3, 0.4) is 0 Å². The number of hydrogen-bond acceptors (Lipinski definition) is 3. The molecule has 1 unspecified atom stereocenters. The summed E-state index contributed by atoms with van der Waals surface area (Å²) in [5.41, 5.74) is 0.755. The number of rotatable bonds is 4. The quantitative estimate of drug-likeness (QED) is 0.793. The average Bonchev–Trinajstić information content (AvgIpc) is 2.28. The molecule has 0 spiro atoms. The van der Waals surface area contributed by atoms with E-state index in [2.05, 4.69) is 4.74 Å². The first-order valence-corrected chi connectivity index (χ1v) is 4.80. The third-order valence-corrected chi connectivity index (χ3v) is 1.98. The van der Waals surface area contributed by atoms with E-state index in [4.69, 9.17) is 0 Å². The molecule has 1 N–H and O–H groups in total. The minimum Gasteiger partial charge on any atom is -0.469 e. The zero-order valence-corrected chi connectivity index (χ0v) is 8.89.